The molecule has 1 atom stereocenters. The molecule has 9 nitrogen and oxygen atoms in total. The van der Waals surface area contributed by atoms with Gasteiger partial charge >= 0.3 is 0 Å². The number of anilines is 1. The number of aryl methyl sites for hydroxylation is 1. The molecule has 4 rings (SSSR count). The number of primary amides is 1. The van der Waals surface area contributed by atoms with Crippen LogP contribution in [0, 0.1) is 5.41 Å². The summed E-state index contributed by atoms with van der Waals surface area (Å²) in [6.07, 6.45) is 2.89. The summed E-state index contributed by atoms with van der Waals surface area (Å²) >= 11 is 0. The van der Waals surface area contributed by atoms with Crippen LogP contribution in [0.4, 0.5) is 5.69 Å². The smallest absolute Gasteiger partial charge is 0.269 e. The number of rotatable bonds is 8. The summed E-state index contributed by atoms with van der Waals surface area (Å²) in [5, 5.41) is 13.9. The lowest BCUT2D eigenvalue weighted by atomic mass is 9.88. The zero-order valence-electron chi connectivity index (χ0n) is 18.4. The third-order valence-corrected chi connectivity index (χ3v) is 6.25. The number of carbonyl (C=O) groups excluding carboxylic acids is 2. The zero-order valence-corrected chi connectivity index (χ0v) is 18.4. The van der Waals surface area contributed by atoms with Crippen molar-refractivity contribution in [2.75, 3.05) is 38.7 Å². The maximum atomic E-state index is 12.2. The number of benzene rings is 1. The molecule has 3 heterocycles. The number of aromatic nitrogens is 2. The summed E-state index contributed by atoms with van der Waals surface area (Å²) < 4.78 is 5.26. The monoisotopic (exact) mass is 439 g/mol. The van der Waals surface area contributed by atoms with Crippen LogP contribution in [0.25, 0.3) is 11.4 Å². The number of likely N-dealkylation sites (tertiary alicyclic amines) is 1. The molecule has 1 aromatic carbocycles. The van der Waals surface area contributed by atoms with Crippen LogP contribution in [0.2, 0.25) is 0 Å². The van der Waals surface area contributed by atoms with Gasteiger partial charge in [0.15, 0.2) is 11.5 Å². The van der Waals surface area contributed by atoms with Gasteiger partial charge in [-0.25, -0.2) is 9.97 Å². The fourth-order valence-corrected chi connectivity index (χ4v) is 4.06. The van der Waals surface area contributed by atoms with Gasteiger partial charge in [-0.15, -0.1) is 0 Å². The third kappa shape index (κ3) is 4.44. The van der Waals surface area contributed by atoms with Gasteiger partial charge in [0.1, 0.15) is 5.60 Å². The molecule has 0 radical (unpaired) electrons. The molecule has 0 spiro atoms. The molecule has 2 aliphatic heterocycles. The number of nitrogens with zero attached hydrogens (tertiary/aromatic N) is 3. The topological polar surface area (TPSA) is 131 Å². The highest BCUT2D eigenvalue weighted by molar-refractivity contribution is 5.96. The number of nitrogens with two attached hydrogens (primary N) is 1. The van der Waals surface area contributed by atoms with E-state index in [9.17, 15) is 14.7 Å². The minimum Gasteiger partial charge on any atom is -0.381 e. The highest BCUT2D eigenvalue weighted by Crippen LogP contribution is 2.29. The summed E-state index contributed by atoms with van der Waals surface area (Å²) in [5.41, 5.74) is 6.60. The second-order valence-electron chi connectivity index (χ2n) is 9.19. The van der Waals surface area contributed by atoms with Crippen molar-refractivity contribution in [2.24, 2.45) is 11.1 Å². The van der Waals surface area contributed by atoms with Crippen molar-refractivity contribution in [3.8, 4) is 11.4 Å². The molecule has 0 aliphatic carbocycles. The van der Waals surface area contributed by atoms with Crippen LogP contribution in [-0.2, 0) is 16.0 Å². The molecule has 2 fully saturated rings. The van der Waals surface area contributed by atoms with E-state index in [0.29, 0.717) is 57.1 Å². The van der Waals surface area contributed by atoms with E-state index in [4.69, 9.17) is 10.5 Å². The van der Waals surface area contributed by atoms with Crippen molar-refractivity contribution in [3.05, 3.63) is 41.7 Å². The number of hydrogen-bond acceptors (Lipinski definition) is 7. The zero-order chi connectivity index (χ0) is 22.9. The Bertz CT molecular complexity index is 1040. The summed E-state index contributed by atoms with van der Waals surface area (Å²) in [5.74, 6) is -0.471. The Hall–Kier alpha value is -3.04. The highest BCUT2D eigenvalue weighted by atomic mass is 16.5. The van der Waals surface area contributed by atoms with E-state index in [-0.39, 0.29) is 17.0 Å². The lowest BCUT2D eigenvalue weighted by Crippen LogP contribution is -2.45. The predicted molar refractivity (Wildman–Crippen MR) is 119 cm³/mol. The van der Waals surface area contributed by atoms with Crippen molar-refractivity contribution < 1.29 is 19.4 Å². The number of ether oxygens (including phenoxy) is 1. The van der Waals surface area contributed by atoms with Crippen LogP contribution in [0.3, 0.4) is 0 Å². The van der Waals surface area contributed by atoms with Gasteiger partial charge in [-0.05, 0) is 24.5 Å². The minimum atomic E-state index is -1.31. The SMILES string of the molecule is CN1CC[C@@](O)(CCc2cccc(-c3ncc(NCC4(C)COC4)c(C(N)=O)n3)c2)C1=O. The van der Waals surface area contributed by atoms with E-state index >= 15 is 0 Å². The van der Waals surface area contributed by atoms with Gasteiger partial charge in [0, 0.05) is 37.5 Å². The Balaban J connectivity index is 1.50. The maximum Gasteiger partial charge on any atom is 0.269 e. The minimum absolute atomic E-state index is 0.0154. The first-order chi connectivity index (χ1) is 15.2. The highest BCUT2D eigenvalue weighted by Gasteiger charge is 2.43. The quantitative estimate of drug-likeness (QED) is 0.564. The van der Waals surface area contributed by atoms with Crippen LogP contribution < -0.4 is 11.1 Å². The predicted octanol–water partition coefficient (Wildman–Crippen LogP) is 1.22. The fraction of sp³-hybridized carbons (Fsp3) is 0.478. The molecule has 2 aromatic rings. The Morgan fingerprint density at radius 1 is 1.38 bits per heavy atom. The molecule has 0 bridgehead atoms. The maximum absolute atomic E-state index is 12.2. The number of hydrogen-bond donors (Lipinski definition) is 3. The van der Waals surface area contributed by atoms with Gasteiger partial charge < -0.3 is 25.8 Å². The van der Waals surface area contributed by atoms with Crippen LogP contribution in [0.15, 0.2) is 30.5 Å². The largest absolute Gasteiger partial charge is 0.381 e. The van der Waals surface area contributed by atoms with E-state index in [1.165, 1.54) is 0 Å². The second kappa shape index (κ2) is 8.48. The Kier molecular flexibility index (Phi) is 5.87. The van der Waals surface area contributed by atoms with Gasteiger partial charge in [0.2, 0.25) is 0 Å². The van der Waals surface area contributed by atoms with Crippen molar-refractivity contribution >= 4 is 17.5 Å². The molecular formula is C23H29N5O4. The second-order valence-corrected chi connectivity index (χ2v) is 9.19. The van der Waals surface area contributed by atoms with E-state index in [1.807, 2.05) is 24.3 Å². The van der Waals surface area contributed by atoms with Crippen LogP contribution in [0.1, 0.15) is 35.8 Å². The molecule has 1 aromatic heterocycles. The van der Waals surface area contributed by atoms with Gasteiger partial charge in [-0.1, -0.05) is 25.1 Å². The lowest BCUT2D eigenvalue weighted by Gasteiger charge is -2.38. The number of carbonyl (C=O) groups is 2. The molecule has 4 N–H and O–H groups in total. The molecule has 0 unspecified atom stereocenters. The van der Waals surface area contributed by atoms with E-state index in [2.05, 4.69) is 22.2 Å². The third-order valence-electron chi connectivity index (χ3n) is 6.25. The number of aliphatic hydroxyl groups is 1. The number of likely N-dealkylation sites (N-methyl/N-ethyl adjacent to an activating group) is 1. The lowest BCUT2D eigenvalue weighted by molar-refractivity contribution is -0.142. The van der Waals surface area contributed by atoms with Crippen LogP contribution >= 0.6 is 0 Å². The van der Waals surface area contributed by atoms with Crippen molar-refractivity contribution in [1.29, 1.82) is 0 Å². The summed E-state index contributed by atoms with van der Waals surface area (Å²) in [4.78, 5) is 34.6. The molecule has 2 aliphatic rings. The van der Waals surface area contributed by atoms with Crippen LogP contribution in [0.5, 0.6) is 0 Å². The van der Waals surface area contributed by atoms with E-state index in [0.717, 1.165) is 11.1 Å². The van der Waals surface area contributed by atoms with E-state index < -0.39 is 11.5 Å². The average Bonchev–Trinajstić information content (AvgIpc) is 3.03. The van der Waals surface area contributed by atoms with E-state index in [1.54, 1.807) is 18.1 Å². The molecule has 9 heteroatoms. The molecular weight excluding hydrogens is 410 g/mol. The van der Waals surface area contributed by atoms with Crippen LogP contribution in [-0.4, -0.2) is 70.7 Å². The number of nitrogens with one attached hydrogen (secondary N) is 1. The van der Waals surface area contributed by atoms with Gasteiger partial charge in [0.05, 0.1) is 25.1 Å². The number of amides is 2. The van der Waals surface area contributed by atoms with Gasteiger partial charge in [0.25, 0.3) is 11.8 Å². The van der Waals surface area contributed by atoms with Crippen molar-refractivity contribution in [1.82, 2.24) is 14.9 Å². The first-order valence-corrected chi connectivity index (χ1v) is 10.7. The van der Waals surface area contributed by atoms with Crippen molar-refractivity contribution in [3.63, 3.8) is 0 Å². The molecule has 2 saturated heterocycles. The Morgan fingerprint density at radius 2 is 2.16 bits per heavy atom. The first-order valence-electron chi connectivity index (χ1n) is 10.7. The summed E-state index contributed by atoms with van der Waals surface area (Å²) in [6.45, 7) is 4.61. The Morgan fingerprint density at radius 3 is 2.78 bits per heavy atom. The average molecular weight is 440 g/mol. The van der Waals surface area contributed by atoms with Gasteiger partial charge in [-0.3, -0.25) is 9.59 Å². The molecule has 0 saturated carbocycles. The molecule has 170 valence electrons. The first kappa shape index (κ1) is 22.2. The molecule has 2 amide bonds. The Labute approximate surface area is 187 Å². The molecule has 32 heavy (non-hydrogen) atoms. The fourth-order valence-electron chi connectivity index (χ4n) is 4.06. The normalized spacial score (nSPS) is 22.0. The van der Waals surface area contributed by atoms with Crippen molar-refractivity contribution in [2.45, 2.75) is 31.8 Å². The van der Waals surface area contributed by atoms with Gasteiger partial charge in [-0.2, -0.15) is 0 Å². The standard InChI is InChI=1S/C23H29N5O4/c1-22(13-32-14-22)12-26-17-11-25-20(27-18(17)19(24)29)16-5-3-4-15(10-16)6-7-23(31)8-9-28(2)21(23)30/h3-5,10-11,26,31H,6-9,12-14H2,1-2H3,(H2,24,29)/t23-/m0/s1. The summed E-state index contributed by atoms with van der Waals surface area (Å²) in [7, 11) is 1.70. The summed E-state index contributed by atoms with van der Waals surface area (Å²) in [6, 6.07) is 7.57.